The number of methoxy groups -OCH3 is 2. The molecule has 4 rings (SSSR count). The van der Waals surface area contributed by atoms with Gasteiger partial charge in [0.1, 0.15) is 17.7 Å². The van der Waals surface area contributed by atoms with Gasteiger partial charge in [0.05, 0.1) is 30.2 Å². The topological polar surface area (TPSA) is 71.9 Å². The fourth-order valence-electron chi connectivity index (χ4n) is 5.14. The van der Waals surface area contributed by atoms with Crippen molar-refractivity contribution in [1.82, 2.24) is 9.88 Å². The molecular weight excluding hydrogens is 527 g/mol. The van der Waals surface area contributed by atoms with E-state index in [1.54, 1.807) is 44.2 Å². The molecule has 1 aliphatic heterocycles. The first kappa shape index (κ1) is 28.5. The number of aliphatic carboxylic acids is 1. The number of fused-ring (bicyclic) bond motifs is 1. The van der Waals surface area contributed by atoms with Crippen LogP contribution in [-0.2, 0) is 4.79 Å². The number of carbonyl (C=O) groups is 1. The van der Waals surface area contributed by atoms with Crippen LogP contribution in [0.2, 0.25) is 5.02 Å². The molecule has 1 atom stereocenters. The monoisotopic (exact) mass is 560 g/mol. The number of ether oxygens (including phenoxy) is 2. The Morgan fingerprint density at radius 2 is 1.97 bits per heavy atom. The summed E-state index contributed by atoms with van der Waals surface area (Å²) in [6.45, 7) is 2.29. The standard InChI is InChI=1S/C29H34ClFN2O4S/c1-36-20-8-9-24-21(18-20)27(22(30)19-32-24)23(31)10-11-29(28(34)35)12-15-33(16-13-29)14-5-17-38-26-7-4-3-6-25(26)37-2/h3-4,6-9,18-19,23H,5,10-17H2,1-2H3,(H,34,35)/t23-/m1/s1. The lowest BCUT2D eigenvalue weighted by Crippen LogP contribution is -2.44. The van der Waals surface area contributed by atoms with Crippen LogP contribution < -0.4 is 9.47 Å². The summed E-state index contributed by atoms with van der Waals surface area (Å²) in [6.07, 6.45) is 2.40. The minimum absolute atomic E-state index is 0.0812. The molecule has 3 aromatic rings. The Bertz CT molecular complexity index is 1250. The zero-order chi connectivity index (χ0) is 27.1. The Morgan fingerprint density at radius 1 is 1.21 bits per heavy atom. The largest absolute Gasteiger partial charge is 0.497 e. The average molecular weight is 561 g/mol. The highest BCUT2D eigenvalue weighted by atomic mass is 35.5. The molecular formula is C29H34ClFN2O4S. The predicted octanol–water partition coefficient (Wildman–Crippen LogP) is 7.05. The molecule has 0 unspecified atom stereocenters. The third kappa shape index (κ3) is 6.53. The van der Waals surface area contributed by atoms with E-state index in [-0.39, 0.29) is 17.9 Å². The first-order valence-electron chi connectivity index (χ1n) is 12.8. The van der Waals surface area contributed by atoms with E-state index in [0.717, 1.165) is 29.4 Å². The van der Waals surface area contributed by atoms with E-state index in [4.69, 9.17) is 21.1 Å². The summed E-state index contributed by atoms with van der Waals surface area (Å²) in [5.74, 6) is 1.58. The van der Waals surface area contributed by atoms with Crippen LogP contribution in [0.5, 0.6) is 11.5 Å². The number of benzene rings is 2. The van der Waals surface area contributed by atoms with Crippen molar-refractivity contribution in [2.24, 2.45) is 5.41 Å². The van der Waals surface area contributed by atoms with E-state index in [1.165, 1.54) is 6.20 Å². The van der Waals surface area contributed by atoms with E-state index in [9.17, 15) is 9.90 Å². The summed E-state index contributed by atoms with van der Waals surface area (Å²) in [5, 5.41) is 11.0. The number of rotatable bonds is 12. The Labute approximate surface area is 232 Å². The van der Waals surface area contributed by atoms with Gasteiger partial charge in [-0.3, -0.25) is 9.78 Å². The third-order valence-electron chi connectivity index (χ3n) is 7.47. The minimum Gasteiger partial charge on any atom is -0.497 e. The number of carboxylic acids is 1. The number of hydrogen-bond donors (Lipinski definition) is 1. The molecule has 2 aromatic carbocycles. The predicted molar refractivity (Wildman–Crippen MR) is 150 cm³/mol. The molecule has 38 heavy (non-hydrogen) atoms. The van der Waals surface area contributed by atoms with Crippen LogP contribution in [-0.4, -0.2) is 60.6 Å². The summed E-state index contributed by atoms with van der Waals surface area (Å²) >= 11 is 8.14. The van der Waals surface area contributed by atoms with Crippen LogP contribution in [0.4, 0.5) is 4.39 Å². The molecule has 0 radical (unpaired) electrons. The van der Waals surface area contributed by atoms with Crippen LogP contribution in [0.25, 0.3) is 10.9 Å². The molecule has 1 saturated heterocycles. The second-order valence-corrected chi connectivity index (χ2v) is 11.2. The first-order chi connectivity index (χ1) is 18.4. The van der Waals surface area contributed by atoms with Crippen molar-refractivity contribution in [3.63, 3.8) is 0 Å². The van der Waals surface area contributed by atoms with Gasteiger partial charge in [-0.25, -0.2) is 4.39 Å². The molecule has 1 N–H and O–H groups in total. The number of halogens is 2. The molecule has 2 heterocycles. The second-order valence-electron chi connectivity index (χ2n) is 9.69. The smallest absolute Gasteiger partial charge is 0.309 e. The molecule has 204 valence electrons. The van der Waals surface area contributed by atoms with Gasteiger partial charge in [-0.1, -0.05) is 23.7 Å². The number of piperidine rings is 1. The lowest BCUT2D eigenvalue weighted by Gasteiger charge is -2.39. The maximum absolute atomic E-state index is 15.7. The zero-order valence-corrected chi connectivity index (χ0v) is 23.4. The highest BCUT2D eigenvalue weighted by Gasteiger charge is 2.41. The van der Waals surface area contributed by atoms with E-state index < -0.39 is 17.6 Å². The minimum atomic E-state index is -1.40. The Hall–Kier alpha value is -2.55. The maximum atomic E-state index is 15.7. The Kier molecular flexibility index (Phi) is 9.74. The lowest BCUT2D eigenvalue weighted by molar-refractivity contribution is -0.153. The fourth-order valence-corrected chi connectivity index (χ4v) is 6.38. The van der Waals surface area contributed by atoms with Crippen molar-refractivity contribution >= 4 is 40.2 Å². The van der Waals surface area contributed by atoms with Gasteiger partial charge in [0.15, 0.2) is 0 Å². The summed E-state index contributed by atoms with van der Waals surface area (Å²) in [5.41, 5.74) is 0.0408. The number of carboxylic acid groups (broad SMARTS) is 1. The number of alkyl halides is 1. The summed E-state index contributed by atoms with van der Waals surface area (Å²) in [7, 11) is 3.23. The number of nitrogens with zero attached hydrogens (tertiary/aromatic N) is 2. The molecule has 6 nitrogen and oxygen atoms in total. The summed E-state index contributed by atoms with van der Waals surface area (Å²) in [4.78, 5) is 20.1. The molecule has 0 saturated carbocycles. The third-order valence-corrected chi connectivity index (χ3v) is 8.91. The quantitative estimate of drug-likeness (QED) is 0.188. The van der Waals surface area contributed by atoms with Gasteiger partial charge in [0.25, 0.3) is 0 Å². The van der Waals surface area contributed by atoms with Gasteiger partial charge in [-0.05, 0) is 87.8 Å². The van der Waals surface area contributed by atoms with E-state index in [2.05, 4.69) is 16.0 Å². The van der Waals surface area contributed by atoms with Crippen molar-refractivity contribution in [3.05, 3.63) is 59.2 Å². The van der Waals surface area contributed by atoms with E-state index in [1.807, 2.05) is 18.2 Å². The Morgan fingerprint density at radius 3 is 2.68 bits per heavy atom. The van der Waals surface area contributed by atoms with Crippen molar-refractivity contribution in [1.29, 1.82) is 0 Å². The Balaban J connectivity index is 1.33. The summed E-state index contributed by atoms with van der Waals surface area (Å²) in [6, 6.07) is 13.2. The van der Waals surface area contributed by atoms with E-state index >= 15 is 4.39 Å². The van der Waals surface area contributed by atoms with Gasteiger partial charge < -0.3 is 19.5 Å². The van der Waals surface area contributed by atoms with Crippen LogP contribution in [0.15, 0.2) is 53.6 Å². The van der Waals surface area contributed by atoms with Gasteiger partial charge in [-0.15, -0.1) is 11.8 Å². The lowest BCUT2D eigenvalue weighted by atomic mass is 9.74. The number of thioether (sulfide) groups is 1. The number of hydrogen-bond acceptors (Lipinski definition) is 6. The number of likely N-dealkylation sites (tertiary alicyclic amines) is 1. The van der Waals surface area contributed by atoms with Gasteiger partial charge >= 0.3 is 5.97 Å². The van der Waals surface area contributed by atoms with Gasteiger partial charge in [0, 0.05) is 22.0 Å². The second kappa shape index (κ2) is 13.0. The molecule has 1 fully saturated rings. The number of pyridine rings is 1. The van der Waals surface area contributed by atoms with Gasteiger partial charge in [-0.2, -0.15) is 0 Å². The van der Waals surface area contributed by atoms with Crippen LogP contribution >= 0.6 is 23.4 Å². The molecule has 9 heteroatoms. The molecule has 1 aromatic heterocycles. The first-order valence-corrected chi connectivity index (χ1v) is 14.2. The number of aromatic nitrogens is 1. The normalized spacial score (nSPS) is 16.3. The zero-order valence-electron chi connectivity index (χ0n) is 21.8. The maximum Gasteiger partial charge on any atom is 0.309 e. The van der Waals surface area contributed by atoms with Crippen LogP contribution in [0.3, 0.4) is 0 Å². The SMILES string of the molecule is COc1ccc2ncc(Cl)c([C@H](F)CCC3(C(=O)O)CCN(CCCSc4ccccc4OC)CC3)c2c1. The fraction of sp³-hybridized carbons (Fsp3) is 0.448. The van der Waals surface area contributed by atoms with Crippen molar-refractivity contribution in [3.8, 4) is 11.5 Å². The van der Waals surface area contributed by atoms with Crippen molar-refractivity contribution in [2.75, 3.05) is 39.6 Å². The molecule has 0 bridgehead atoms. The molecule has 0 aliphatic carbocycles. The number of para-hydroxylation sites is 1. The molecule has 1 aliphatic rings. The van der Waals surface area contributed by atoms with Gasteiger partial charge in [0.2, 0.25) is 0 Å². The molecule has 0 spiro atoms. The van der Waals surface area contributed by atoms with Crippen molar-refractivity contribution in [2.45, 2.75) is 43.2 Å². The van der Waals surface area contributed by atoms with Crippen LogP contribution in [0, 0.1) is 5.41 Å². The highest BCUT2D eigenvalue weighted by molar-refractivity contribution is 7.99. The van der Waals surface area contributed by atoms with Crippen LogP contribution in [0.1, 0.15) is 43.8 Å². The highest BCUT2D eigenvalue weighted by Crippen LogP contribution is 2.42. The van der Waals surface area contributed by atoms with E-state index in [0.29, 0.717) is 48.1 Å². The summed E-state index contributed by atoms with van der Waals surface area (Å²) < 4.78 is 26.4. The average Bonchev–Trinajstić information content (AvgIpc) is 2.94. The van der Waals surface area contributed by atoms with Crippen molar-refractivity contribution < 1.29 is 23.8 Å². The molecule has 0 amide bonds.